The summed E-state index contributed by atoms with van der Waals surface area (Å²) < 4.78 is 28.8. The van der Waals surface area contributed by atoms with Crippen molar-refractivity contribution in [2.45, 2.75) is 69.0 Å². The van der Waals surface area contributed by atoms with Gasteiger partial charge >= 0.3 is 0 Å². The van der Waals surface area contributed by atoms with Gasteiger partial charge in [-0.2, -0.15) is 0 Å². The van der Waals surface area contributed by atoms with Gasteiger partial charge in [-0.3, -0.25) is 13.9 Å². The van der Waals surface area contributed by atoms with E-state index >= 15 is 0 Å². The van der Waals surface area contributed by atoms with Gasteiger partial charge < -0.3 is 10.2 Å². The Kier molecular flexibility index (Phi) is 10.7. The molecule has 2 amide bonds. The third-order valence-corrected chi connectivity index (χ3v) is 9.68. The van der Waals surface area contributed by atoms with Crippen LogP contribution >= 0.6 is 23.2 Å². The number of carbonyl (C=O) groups excluding carboxylic acids is 2. The number of hydrogen-bond acceptors (Lipinski definition) is 4. The predicted octanol–water partition coefficient (Wildman–Crippen LogP) is 6.45. The average Bonchev–Trinajstić information content (AvgIpc) is 2.98. The monoisotopic (exact) mass is 615 g/mol. The van der Waals surface area contributed by atoms with E-state index in [4.69, 9.17) is 23.2 Å². The topological polar surface area (TPSA) is 86.8 Å². The highest BCUT2D eigenvalue weighted by Crippen LogP contribution is 2.31. The van der Waals surface area contributed by atoms with Crippen molar-refractivity contribution in [2.24, 2.45) is 0 Å². The Morgan fingerprint density at radius 3 is 2.17 bits per heavy atom. The SMILES string of the molecule is CC[C@@H](C(=O)NC1CCCCC1)N(Cc1ccc(Cl)cc1)C(=O)CN(c1ccccc1Cl)S(=O)(=O)c1ccccc1. The number of amides is 2. The first kappa shape index (κ1) is 30.9. The van der Waals surface area contributed by atoms with E-state index in [9.17, 15) is 18.0 Å². The first-order chi connectivity index (χ1) is 19.7. The molecule has 0 radical (unpaired) electrons. The van der Waals surface area contributed by atoms with Gasteiger partial charge in [0.25, 0.3) is 10.0 Å². The van der Waals surface area contributed by atoms with Gasteiger partial charge in [-0.05, 0) is 61.2 Å². The minimum absolute atomic E-state index is 0.0269. The van der Waals surface area contributed by atoms with Crippen LogP contribution in [0.25, 0.3) is 0 Å². The molecule has 1 aliphatic carbocycles. The van der Waals surface area contributed by atoms with Crippen LogP contribution < -0.4 is 9.62 Å². The van der Waals surface area contributed by atoms with Crippen molar-refractivity contribution in [3.8, 4) is 0 Å². The second-order valence-corrected chi connectivity index (χ2v) is 12.9. The second-order valence-electron chi connectivity index (χ2n) is 10.2. The highest BCUT2D eigenvalue weighted by molar-refractivity contribution is 7.92. The fraction of sp³-hybridized carbons (Fsp3) is 0.355. The normalized spacial score (nSPS) is 14.7. The average molecular weight is 617 g/mol. The van der Waals surface area contributed by atoms with Gasteiger partial charge in [-0.15, -0.1) is 0 Å². The van der Waals surface area contributed by atoms with Crippen molar-refractivity contribution in [1.82, 2.24) is 10.2 Å². The van der Waals surface area contributed by atoms with E-state index in [1.807, 2.05) is 6.92 Å². The van der Waals surface area contributed by atoms with E-state index in [1.165, 1.54) is 17.0 Å². The van der Waals surface area contributed by atoms with Crippen LogP contribution in [0.3, 0.4) is 0 Å². The number of nitrogens with zero attached hydrogens (tertiary/aromatic N) is 2. The summed E-state index contributed by atoms with van der Waals surface area (Å²) in [6, 6.07) is 20.7. The van der Waals surface area contributed by atoms with E-state index in [2.05, 4.69) is 5.32 Å². The van der Waals surface area contributed by atoms with Crippen molar-refractivity contribution in [3.05, 3.63) is 94.5 Å². The van der Waals surface area contributed by atoms with Crippen LogP contribution in [0.15, 0.2) is 83.8 Å². The lowest BCUT2D eigenvalue weighted by Gasteiger charge is -2.34. The van der Waals surface area contributed by atoms with E-state index in [-0.39, 0.29) is 34.1 Å². The Bertz CT molecular complexity index is 1430. The third-order valence-electron chi connectivity index (χ3n) is 7.33. The molecule has 0 heterocycles. The molecule has 1 aliphatic rings. The largest absolute Gasteiger partial charge is 0.352 e. The number of hydrogen-bond donors (Lipinski definition) is 1. The molecule has 218 valence electrons. The van der Waals surface area contributed by atoms with Gasteiger partial charge in [-0.1, -0.05) is 91.9 Å². The molecule has 3 aromatic carbocycles. The van der Waals surface area contributed by atoms with Gasteiger partial charge in [0.2, 0.25) is 11.8 Å². The van der Waals surface area contributed by atoms with Gasteiger partial charge in [-0.25, -0.2) is 8.42 Å². The first-order valence-corrected chi connectivity index (χ1v) is 16.1. The maximum Gasteiger partial charge on any atom is 0.264 e. The fourth-order valence-electron chi connectivity index (χ4n) is 5.14. The minimum atomic E-state index is -4.18. The molecule has 3 aromatic rings. The summed E-state index contributed by atoms with van der Waals surface area (Å²) in [5, 5.41) is 3.88. The number of anilines is 1. The Morgan fingerprint density at radius 2 is 1.54 bits per heavy atom. The van der Waals surface area contributed by atoms with Crippen LogP contribution in [0.1, 0.15) is 51.0 Å². The van der Waals surface area contributed by atoms with Crippen molar-refractivity contribution in [1.29, 1.82) is 0 Å². The number of halogens is 2. The zero-order valence-corrected chi connectivity index (χ0v) is 25.3. The maximum absolute atomic E-state index is 14.2. The highest BCUT2D eigenvalue weighted by Gasteiger charge is 2.35. The summed E-state index contributed by atoms with van der Waals surface area (Å²) in [6.07, 6.45) is 5.43. The molecule has 0 unspecified atom stereocenters. The van der Waals surface area contributed by atoms with Crippen LogP contribution in [0.5, 0.6) is 0 Å². The molecule has 0 bridgehead atoms. The summed E-state index contributed by atoms with van der Waals surface area (Å²) in [5.74, 6) is -0.762. The summed E-state index contributed by atoms with van der Waals surface area (Å²) in [4.78, 5) is 29.2. The van der Waals surface area contributed by atoms with Gasteiger partial charge in [0, 0.05) is 17.6 Å². The van der Waals surface area contributed by atoms with Crippen LogP contribution in [0, 0.1) is 0 Å². The van der Waals surface area contributed by atoms with E-state index in [1.54, 1.807) is 66.7 Å². The molecule has 1 saturated carbocycles. The third kappa shape index (κ3) is 7.82. The summed E-state index contributed by atoms with van der Waals surface area (Å²) >= 11 is 12.6. The Balaban J connectivity index is 1.70. The lowest BCUT2D eigenvalue weighted by atomic mass is 9.95. The Labute approximate surface area is 252 Å². The number of rotatable bonds is 11. The smallest absolute Gasteiger partial charge is 0.264 e. The van der Waals surface area contributed by atoms with Gasteiger partial charge in [0.05, 0.1) is 15.6 Å². The van der Waals surface area contributed by atoms with E-state index < -0.39 is 28.5 Å². The molecular formula is C31H35Cl2N3O4S. The molecule has 0 aliphatic heterocycles. The van der Waals surface area contributed by atoms with Crippen molar-refractivity contribution < 1.29 is 18.0 Å². The zero-order chi connectivity index (χ0) is 29.4. The summed E-state index contributed by atoms with van der Waals surface area (Å²) in [6.45, 7) is 1.41. The van der Waals surface area contributed by atoms with E-state index in [0.29, 0.717) is 11.4 Å². The molecule has 1 atom stereocenters. The highest BCUT2D eigenvalue weighted by atomic mass is 35.5. The number of carbonyl (C=O) groups is 2. The van der Waals surface area contributed by atoms with Crippen molar-refractivity contribution in [2.75, 3.05) is 10.8 Å². The molecule has 1 N–H and O–H groups in total. The van der Waals surface area contributed by atoms with Gasteiger partial charge in [0.15, 0.2) is 0 Å². The van der Waals surface area contributed by atoms with Crippen molar-refractivity contribution in [3.63, 3.8) is 0 Å². The standard InChI is InChI=1S/C31H35Cl2N3O4S/c1-2-28(31(38)34-25-11-5-3-6-12-25)35(21-23-17-19-24(32)20-18-23)30(37)22-36(29-16-10-9-15-27(29)33)41(39,40)26-13-7-4-8-14-26/h4,7-10,13-20,25,28H,2-3,5-6,11-12,21-22H2,1H3,(H,34,38)/t28-/m0/s1. The number of nitrogens with one attached hydrogen (secondary N) is 1. The van der Waals surface area contributed by atoms with Crippen molar-refractivity contribution >= 4 is 50.7 Å². The summed E-state index contributed by atoms with van der Waals surface area (Å²) in [7, 11) is -4.18. The molecule has 41 heavy (non-hydrogen) atoms. The Hall–Kier alpha value is -3.07. The molecular weight excluding hydrogens is 581 g/mol. The van der Waals surface area contributed by atoms with Crippen LogP contribution in [0.4, 0.5) is 5.69 Å². The molecule has 1 fully saturated rings. The predicted molar refractivity (Wildman–Crippen MR) is 164 cm³/mol. The second kappa shape index (κ2) is 14.2. The van der Waals surface area contributed by atoms with Crippen LogP contribution in [-0.2, 0) is 26.2 Å². The molecule has 10 heteroatoms. The molecule has 7 nitrogen and oxygen atoms in total. The molecule has 0 aromatic heterocycles. The van der Waals surface area contributed by atoms with E-state index in [0.717, 1.165) is 42.0 Å². The molecule has 0 spiro atoms. The quantitative estimate of drug-likeness (QED) is 0.269. The Morgan fingerprint density at radius 1 is 0.902 bits per heavy atom. The number of sulfonamides is 1. The number of para-hydroxylation sites is 1. The van der Waals surface area contributed by atoms with Crippen LogP contribution in [-0.4, -0.2) is 43.8 Å². The molecule has 4 rings (SSSR count). The lowest BCUT2D eigenvalue weighted by molar-refractivity contribution is -0.140. The number of benzene rings is 3. The fourth-order valence-corrected chi connectivity index (χ4v) is 7.01. The summed E-state index contributed by atoms with van der Waals surface area (Å²) in [5.41, 5.74) is 0.944. The minimum Gasteiger partial charge on any atom is -0.352 e. The molecule has 0 saturated heterocycles. The lowest BCUT2D eigenvalue weighted by Crippen LogP contribution is -2.54. The van der Waals surface area contributed by atoms with Gasteiger partial charge in [0.1, 0.15) is 12.6 Å². The first-order valence-electron chi connectivity index (χ1n) is 13.9. The maximum atomic E-state index is 14.2. The van der Waals surface area contributed by atoms with Crippen LogP contribution in [0.2, 0.25) is 10.0 Å². The zero-order valence-electron chi connectivity index (χ0n) is 23.0.